The van der Waals surface area contributed by atoms with Gasteiger partial charge in [0.15, 0.2) is 0 Å². The van der Waals surface area contributed by atoms with Gasteiger partial charge in [-0.05, 0) is 48.9 Å². The van der Waals surface area contributed by atoms with Crippen molar-refractivity contribution in [2.45, 2.75) is 13.0 Å². The Morgan fingerprint density at radius 3 is 1.93 bits per heavy atom. The topological polar surface area (TPSA) is 116 Å². The maximum Gasteiger partial charge on any atom is 0.346 e. The fraction of sp³-hybridized carbons (Fsp3) is 0.133. The van der Waals surface area contributed by atoms with Crippen LogP contribution in [0.2, 0.25) is 0 Å². The fourth-order valence-corrected chi connectivity index (χ4v) is 9.26. The van der Waals surface area contributed by atoms with E-state index in [1.807, 2.05) is 0 Å². The van der Waals surface area contributed by atoms with Crippen LogP contribution in [0.15, 0.2) is 126 Å². The highest BCUT2D eigenvalue weighted by atomic mass is 32.3. The highest BCUT2D eigenvalue weighted by Gasteiger charge is 2.45. The maximum atomic E-state index is 11.8. The van der Waals surface area contributed by atoms with E-state index in [0.29, 0.717) is 22.7 Å². The summed E-state index contributed by atoms with van der Waals surface area (Å²) in [5.74, 6) is 2.41. The van der Waals surface area contributed by atoms with Crippen molar-refractivity contribution in [3.63, 3.8) is 0 Å². The molecule has 0 radical (unpaired) electrons. The minimum Gasteiger partial charge on any atom is -0.724 e. The Labute approximate surface area is 239 Å². The van der Waals surface area contributed by atoms with E-state index in [1.165, 1.54) is 33.3 Å². The number of aromatic nitrogens is 1. The number of hydroxylamine groups is 2. The van der Waals surface area contributed by atoms with Gasteiger partial charge in [0, 0.05) is 12.1 Å². The summed E-state index contributed by atoms with van der Waals surface area (Å²) in [4.78, 5) is 13.2. The Hall–Kier alpha value is -4.08. The van der Waals surface area contributed by atoms with E-state index in [0.717, 1.165) is 0 Å². The number of fused-ring (bicyclic) bond motifs is 2. The van der Waals surface area contributed by atoms with E-state index in [-0.39, 0.29) is 6.54 Å². The first kappa shape index (κ1) is 28.4. The SMILES string of the molecule is C/C=C\[P+](c1ccccc1)(c1ccccc1)c1ccccc1.O=C1N2CC=C(c3cnoc3)C(C2)N1OS(=O)(=O)[O-]. The van der Waals surface area contributed by atoms with Gasteiger partial charge in [-0.2, -0.15) is 9.35 Å². The van der Waals surface area contributed by atoms with Gasteiger partial charge < -0.3 is 14.0 Å². The smallest absolute Gasteiger partial charge is 0.346 e. The number of nitrogens with zero attached hydrogens (tertiary/aromatic N) is 3. The van der Waals surface area contributed by atoms with E-state index in [1.54, 1.807) is 6.08 Å². The first-order valence-corrected chi connectivity index (χ1v) is 16.1. The molecular weight excluding hydrogens is 561 g/mol. The van der Waals surface area contributed by atoms with Crippen LogP contribution in [0, 0.1) is 0 Å². The van der Waals surface area contributed by atoms with Crippen molar-refractivity contribution in [2.24, 2.45) is 0 Å². The Morgan fingerprint density at radius 1 is 0.951 bits per heavy atom. The molecule has 1 saturated heterocycles. The van der Waals surface area contributed by atoms with Crippen molar-refractivity contribution in [3.05, 3.63) is 127 Å². The predicted molar refractivity (Wildman–Crippen MR) is 158 cm³/mol. The lowest BCUT2D eigenvalue weighted by Crippen LogP contribution is -2.36. The predicted octanol–water partition coefficient (Wildman–Crippen LogP) is 4.08. The monoisotopic (exact) mass is 589 g/mol. The minimum absolute atomic E-state index is 0.241. The van der Waals surface area contributed by atoms with Crippen molar-refractivity contribution in [2.75, 3.05) is 13.1 Å². The van der Waals surface area contributed by atoms with E-state index < -0.39 is 29.7 Å². The quantitative estimate of drug-likeness (QED) is 0.181. The molecule has 1 aromatic heterocycles. The van der Waals surface area contributed by atoms with Crippen molar-refractivity contribution < 1.29 is 26.6 Å². The molecule has 0 saturated carbocycles. The molecule has 2 aliphatic heterocycles. The number of carbonyl (C=O) groups is 1. The number of allylic oxidation sites excluding steroid dienone is 1. The van der Waals surface area contributed by atoms with Crippen LogP contribution in [0.1, 0.15) is 12.5 Å². The molecule has 1 atom stereocenters. The van der Waals surface area contributed by atoms with Gasteiger partial charge >= 0.3 is 6.03 Å². The Bertz CT molecular complexity index is 1530. The molecule has 2 amide bonds. The molecule has 11 heteroatoms. The lowest BCUT2D eigenvalue weighted by Gasteiger charge is -2.24. The molecule has 1 unspecified atom stereocenters. The number of benzene rings is 3. The summed E-state index contributed by atoms with van der Waals surface area (Å²) in [6.45, 7) is 2.66. The van der Waals surface area contributed by atoms with Gasteiger partial charge in [0.05, 0.1) is 18.6 Å². The van der Waals surface area contributed by atoms with E-state index in [9.17, 15) is 17.8 Å². The normalized spacial score (nSPS) is 16.9. The Kier molecular flexibility index (Phi) is 8.46. The molecule has 0 N–H and O–H groups in total. The summed E-state index contributed by atoms with van der Waals surface area (Å²) in [5, 5.41) is 8.30. The van der Waals surface area contributed by atoms with Crippen LogP contribution in [0.25, 0.3) is 5.57 Å². The second kappa shape index (κ2) is 12.2. The molecule has 3 heterocycles. The van der Waals surface area contributed by atoms with Gasteiger partial charge in [0.1, 0.15) is 35.5 Å². The lowest BCUT2D eigenvalue weighted by atomic mass is 9.99. The van der Waals surface area contributed by atoms with Gasteiger partial charge in [-0.25, -0.2) is 13.2 Å². The van der Waals surface area contributed by atoms with E-state index >= 15 is 0 Å². The van der Waals surface area contributed by atoms with E-state index in [4.69, 9.17) is 4.52 Å². The first-order chi connectivity index (χ1) is 19.8. The molecule has 6 rings (SSSR count). The van der Waals surface area contributed by atoms with Gasteiger partial charge in [0.25, 0.3) is 0 Å². The summed E-state index contributed by atoms with van der Waals surface area (Å²) in [7, 11) is -6.74. The first-order valence-electron chi connectivity index (χ1n) is 12.9. The Morgan fingerprint density at radius 2 is 1.49 bits per heavy atom. The van der Waals surface area contributed by atoms with Crippen LogP contribution in [-0.4, -0.2) is 53.3 Å². The number of amides is 2. The largest absolute Gasteiger partial charge is 0.724 e. The molecule has 9 nitrogen and oxygen atoms in total. The van der Waals surface area contributed by atoms with E-state index in [2.05, 4.69) is 119 Å². The third kappa shape index (κ3) is 6.01. The Balaban J connectivity index is 0.000000166. The van der Waals surface area contributed by atoms with Crippen molar-refractivity contribution in [1.29, 1.82) is 0 Å². The summed E-state index contributed by atoms with van der Waals surface area (Å²) >= 11 is 0. The third-order valence-corrected chi connectivity index (χ3v) is 11.3. The fourth-order valence-electron chi connectivity index (χ4n) is 5.11. The average molecular weight is 590 g/mol. The highest BCUT2D eigenvalue weighted by molar-refractivity contribution is 7.98. The molecule has 210 valence electrons. The second-order valence-electron chi connectivity index (χ2n) is 9.30. The molecule has 2 aliphatic rings. The lowest BCUT2D eigenvalue weighted by molar-refractivity contribution is -0.0171. The van der Waals surface area contributed by atoms with Crippen LogP contribution < -0.4 is 15.9 Å². The third-order valence-electron chi connectivity index (χ3n) is 6.83. The minimum atomic E-state index is -5.01. The van der Waals surface area contributed by atoms with Crippen LogP contribution in [-0.2, 0) is 14.7 Å². The number of hydrogen-bond donors (Lipinski definition) is 0. The maximum absolute atomic E-state index is 11.8. The van der Waals surface area contributed by atoms with Gasteiger partial charge in [-0.1, -0.05) is 71.9 Å². The van der Waals surface area contributed by atoms with Crippen LogP contribution in [0.5, 0.6) is 0 Å². The van der Waals surface area contributed by atoms with Crippen LogP contribution >= 0.6 is 7.26 Å². The van der Waals surface area contributed by atoms with Crippen LogP contribution in [0.3, 0.4) is 0 Å². The van der Waals surface area contributed by atoms with Gasteiger partial charge in [-0.15, -0.1) is 0 Å². The molecule has 1 fully saturated rings. The van der Waals surface area contributed by atoms with Crippen LogP contribution in [0.4, 0.5) is 4.79 Å². The average Bonchev–Trinajstić information content (AvgIpc) is 3.61. The number of urea groups is 1. The van der Waals surface area contributed by atoms with Gasteiger partial charge in [-0.3, -0.25) is 0 Å². The zero-order valence-corrected chi connectivity index (χ0v) is 23.9. The molecular formula is C30H28N3O6PS. The summed E-state index contributed by atoms with van der Waals surface area (Å²) in [5.41, 5.74) is 1.24. The summed E-state index contributed by atoms with van der Waals surface area (Å²) in [6.07, 6.45) is 6.74. The van der Waals surface area contributed by atoms with Crippen molar-refractivity contribution >= 4 is 45.2 Å². The van der Waals surface area contributed by atoms with Crippen molar-refractivity contribution in [1.82, 2.24) is 15.1 Å². The summed E-state index contributed by atoms with van der Waals surface area (Å²) in [6, 6.07) is 31.3. The molecule has 0 aliphatic carbocycles. The second-order valence-corrected chi connectivity index (χ2v) is 13.6. The highest BCUT2D eigenvalue weighted by Crippen LogP contribution is 2.56. The standard InChI is InChI=1S/C21H20P.C9H9N3O6S/c1-2-18-22(19-12-6-3-7-13-19,20-14-8-4-9-15-20)21-16-10-5-11-17-21;13-9-11-2-1-7(6-3-10-17-5-6)8(4-11)12(9)18-19(14,15)16/h2-18H,1H3;1,3,5,8H,2,4H2,(H,14,15,16)/q+1;/p-1/b18-2-;. The van der Waals surface area contributed by atoms with Gasteiger partial charge in [0.2, 0.25) is 10.4 Å². The zero-order chi connectivity index (χ0) is 28.9. The zero-order valence-electron chi connectivity index (χ0n) is 22.2. The molecule has 0 spiro atoms. The molecule has 3 aromatic carbocycles. The summed E-state index contributed by atoms with van der Waals surface area (Å²) < 4.78 is 41.0. The molecule has 2 bridgehead atoms. The molecule has 4 aromatic rings. The molecule has 41 heavy (non-hydrogen) atoms. The number of carbonyl (C=O) groups excluding carboxylic acids is 1. The number of hydrogen-bond acceptors (Lipinski definition) is 7. The van der Waals surface area contributed by atoms with Crippen molar-refractivity contribution in [3.8, 4) is 0 Å². The number of rotatable bonds is 7.